The first-order chi connectivity index (χ1) is 18.6. The van der Waals surface area contributed by atoms with Crippen LogP contribution >= 0.6 is 11.8 Å². The van der Waals surface area contributed by atoms with Crippen molar-refractivity contribution in [2.24, 2.45) is 0 Å². The minimum Gasteiger partial charge on any atom is -0.0888 e. The van der Waals surface area contributed by atoms with Crippen molar-refractivity contribution in [2.75, 3.05) is 0 Å². The van der Waals surface area contributed by atoms with E-state index in [4.69, 9.17) is 0 Å². The fourth-order valence-electron chi connectivity index (χ4n) is 6.58. The maximum atomic E-state index is 2.38. The minimum atomic E-state index is 0.0183. The number of rotatable bonds is 2. The Hall–Kier alpha value is -4.07. The van der Waals surface area contributed by atoms with Gasteiger partial charge in [-0.05, 0) is 79.2 Å². The molecule has 38 heavy (non-hydrogen) atoms. The molecule has 0 amide bonds. The normalized spacial score (nSPS) is 14.2. The summed E-state index contributed by atoms with van der Waals surface area (Å²) in [6, 6.07) is 45.1. The molecule has 0 spiro atoms. The van der Waals surface area contributed by atoms with E-state index in [1.165, 1.54) is 76.2 Å². The zero-order valence-electron chi connectivity index (χ0n) is 21.5. The quantitative estimate of drug-likeness (QED) is 0.226. The van der Waals surface area contributed by atoms with Gasteiger partial charge in [-0.15, -0.1) is 0 Å². The van der Waals surface area contributed by atoms with Crippen molar-refractivity contribution in [3.8, 4) is 44.5 Å². The highest BCUT2D eigenvalue weighted by Crippen LogP contribution is 2.52. The van der Waals surface area contributed by atoms with E-state index in [0.717, 1.165) is 0 Å². The predicted molar refractivity (Wildman–Crippen MR) is 162 cm³/mol. The van der Waals surface area contributed by atoms with Gasteiger partial charge in [0.1, 0.15) is 0 Å². The van der Waals surface area contributed by atoms with Gasteiger partial charge in [-0.2, -0.15) is 0 Å². The van der Waals surface area contributed by atoms with Gasteiger partial charge in [-0.25, -0.2) is 0 Å². The summed E-state index contributed by atoms with van der Waals surface area (Å²) in [5.74, 6) is 0. The molecule has 0 radical (unpaired) electrons. The van der Waals surface area contributed by atoms with Crippen LogP contribution in [0.3, 0.4) is 0 Å². The number of fused-ring (bicyclic) bond motifs is 5. The SMILES string of the molecule is CC1(C)c2ccccc2-c2c(-c3ccc(-c4ccc5c(c4)-c4cccc6cccc(c46)S5)cc3)cccc21. The molecular formula is C37H26S. The summed E-state index contributed by atoms with van der Waals surface area (Å²) in [4.78, 5) is 2.68. The largest absolute Gasteiger partial charge is 0.0888 e. The van der Waals surface area contributed by atoms with Crippen molar-refractivity contribution in [3.05, 3.63) is 132 Å². The lowest BCUT2D eigenvalue weighted by molar-refractivity contribution is 0.660. The van der Waals surface area contributed by atoms with Gasteiger partial charge in [0, 0.05) is 20.6 Å². The molecule has 0 nitrogen and oxygen atoms in total. The van der Waals surface area contributed by atoms with Crippen LogP contribution in [0.2, 0.25) is 0 Å². The summed E-state index contributed by atoms with van der Waals surface area (Å²) in [6.45, 7) is 4.69. The van der Waals surface area contributed by atoms with Gasteiger partial charge in [0.15, 0.2) is 0 Å². The van der Waals surface area contributed by atoms with Crippen molar-refractivity contribution >= 4 is 22.5 Å². The van der Waals surface area contributed by atoms with Gasteiger partial charge in [-0.1, -0.05) is 129 Å². The number of hydrogen-bond donors (Lipinski definition) is 0. The second kappa shape index (κ2) is 7.96. The van der Waals surface area contributed by atoms with Crippen LogP contribution < -0.4 is 0 Å². The average molecular weight is 503 g/mol. The first-order valence-corrected chi connectivity index (χ1v) is 14.1. The van der Waals surface area contributed by atoms with Crippen LogP contribution in [0, 0.1) is 0 Å². The highest BCUT2D eigenvalue weighted by molar-refractivity contribution is 7.99. The van der Waals surface area contributed by atoms with Gasteiger partial charge in [0.05, 0.1) is 0 Å². The molecule has 6 aromatic carbocycles. The molecule has 8 rings (SSSR count). The van der Waals surface area contributed by atoms with Crippen molar-refractivity contribution in [1.29, 1.82) is 0 Å². The van der Waals surface area contributed by atoms with Gasteiger partial charge >= 0.3 is 0 Å². The van der Waals surface area contributed by atoms with Crippen LogP contribution in [0.4, 0.5) is 0 Å². The smallest absolute Gasteiger partial charge is 0.0207 e. The van der Waals surface area contributed by atoms with E-state index in [1.807, 2.05) is 11.8 Å². The Labute approximate surface area is 228 Å². The van der Waals surface area contributed by atoms with E-state index in [0.29, 0.717) is 0 Å². The van der Waals surface area contributed by atoms with Crippen LogP contribution in [0.5, 0.6) is 0 Å². The van der Waals surface area contributed by atoms with E-state index >= 15 is 0 Å². The molecule has 1 heteroatoms. The molecule has 0 aromatic heterocycles. The Balaban J connectivity index is 1.22. The lowest BCUT2D eigenvalue weighted by atomic mass is 9.82. The molecule has 0 saturated carbocycles. The molecule has 1 aliphatic heterocycles. The highest BCUT2D eigenvalue weighted by atomic mass is 32.2. The van der Waals surface area contributed by atoms with E-state index < -0.39 is 0 Å². The van der Waals surface area contributed by atoms with Gasteiger partial charge in [0.25, 0.3) is 0 Å². The van der Waals surface area contributed by atoms with Gasteiger partial charge in [-0.3, -0.25) is 0 Å². The summed E-state index contributed by atoms with van der Waals surface area (Å²) in [6.07, 6.45) is 0. The third kappa shape index (κ3) is 3.06. The third-order valence-corrected chi connectivity index (χ3v) is 9.63. The maximum absolute atomic E-state index is 2.38. The highest BCUT2D eigenvalue weighted by Gasteiger charge is 2.36. The Morgan fingerprint density at radius 3 is 2.00 bits per heavy atom. The summed E-state index contributed by atoms with van der Waals surface area (Å²) in [5, 5.41) is 2.69. The van der Waals surface area contributed by atoms with E-state index in [1.54, 1.807) is 0 Å². The molecule has 0 N–H and O–H groups in total. The van der Waals surface area contributed by atoms with Gasteiger partial charge in [0.2, 0.25) is 0 Å². The molecule has 1 heterocycles. The average Bonchev–Trinajstić information content (AvgIpc) is 3.20. The van der Waals surface area contributed by atoms with Crippen molar-refractivity contribution in [2.45, 2.75) is 29.1 Å². The topological polar surface area (TPSA) is 0 Å². The first-order valence-electron chi connectivity index (χ1n) is 13.3. The second-order valence-electron chi connectivity index (χ2n) is 10.9. The van der Waals surface area contributed by atoms with Crippen LogP contribution in [-0.2, 0) is 5.41 Å². The van der Waals surface area contributed by atoms with Crippen LogP contribution in [0.25, 0.3) is 55.3 Å². The first kappa shape index (κ1) is 22.0. The lowest BCUT2D eigenvalue weighted by Crippen LogP contribution is -2.14. The van der Waals surface area contributed by atoms with Crippen LogP contribution in [0.15, 0.2) is 131 Å². The molecule has 0 saturated heterocycles. The summed E-state index contributed by atoms with van der Waals surface area (Å²) in [5.41, 5.74) is 13.4. The van der Waals surface area contributed by atoms with E-state index in [2.05, 4.69) is 135 Å². The fourth-order valence-corrected chi connectivity index (χ4v) is 7.71. The van der Waals surface area contributed by atoms with E-state index in [9.17, 15) is 0 Å². The number of benzene rings is 6. The van der Waals surface area contributed by atoms with Crippen molar-refractivity contribution < 1.29 is 0 Å². The predicted octanol–water partition coefficient (Wildman–Crippen LogP) is 10.6. The summed E-state index contributed by atoms with van der Waals surface area (Å²) >= 11 is 1.88. The molecule has 0 unspecified atom stereocenters. The molecule has 0 atom stereocenters. The minimum absolute atomic E-state index is 0.0183. The summed E-state index contributed by atoms with van der Waals surface area (Å²) < 4.78 is 0. The Bertz CT molecular complexity index is 1900. The molecule has 0 fully saturated rings. The number of hydrogen-bond acceptors (Lipinski definition) is 1. The van der Waals surface area contributed by atoms with Crippen molar-refractivity contribution in [3.63, 3.8) is 0 Å². The molecule has 1 aliphatic carbocycles. The molecule has 180 valence electrons. The molecule has 6 aromatic rings. The fraction of sp³-hybridized carbons (Fsp3) is 0.0811. The molecular weight excluding hydrogens is 476 g/mol. The zero-order chi connectivity index (χ0) is 25.4. The molecule has 2 aliphatic rings. The Morgan fingerprint density at radius 2 is 1.13 bits per heavy atom. The van der Waals surface area contributed by atoms with E-state index in [-0.39, 0.29) is 5.41 Å². The lowest BCUT2D eigenvalue weighted by Gasteiger charge is -2.21. The second-order valence-corrected chi connectivity index (χ2v) is 12.0. The van der Waals surface area contributed by atoms with Crippen LogP contribution in [-0.4, -0.2) is 0 Å². The molecule has 0 bridgehead atoms. The Morgan fingerprint density at radius 1 is 0.474 bits per heavy atom. The maximum Gasteiger partial charge on any atom is 0.0207 e. The zero-order valence-corrected chi connectivity index (χ0v) is 22.3. The third-order valence-electron chi connectivity index (χ3n) is 8.49. The Kier molecular flexibility index (Phi) is 4.60. The van der Waals surface area contributed by atoms with Crippen LogP contribution in [0.1, 0.15) is 25.0 Å². The van der Waals surface area contributed by atoms with Gasteiger partial charge < -0.3 is 0 Å². The van der Waals surface area contributed by atoms with Crippen molar-refractivity contribution in [1.82, 2.24) is 0 Å². The monoisotopic (exact) mass is 502 g/mol. The standard InChI is InChI=1S/C37H26S/c1-37(2)31-13-4-3-10-29(31)36-27(11-7-14-32(36)37)24-18-16-23(17-19-24)26-20-21-33-30(22-26)28-12-5-8-25-9-6-15-34(38-33)35(25)28/h3-22H,1-2H3. The summed E-state index contributed by atoms with van der Waals surface area (Å²) in [7, 11) is 0.